The first-order chi connectivity index (χ1) is 13.0. The zero-order valence-electron chi connectivity index (χ0n) is 14.8. The molecule has 27 heavy (non-hydrogen) atoms. The number of hydrogen-bond acceptors (Lipinski definition) is 7. The number of hydrogen-bond donors (Lipinski definition) is 1. The molecule has 0 saturated heterocycles. The summed E-state index contributed by atoms with van der Waals surface area (Å²) in [5, 5.41) is 15.1. The van der Waals surface area contributed by atoms with Gasteiger partial charge in [-0.25, -0.2) is 4.79 Å². The molecular weight excluding hydrogens is 348 g/mol. The number of pyridine rings is 1. The maximum absolute atomic E-state index is 12.4. The van der Waals surface area contributed by atoms with Crippen LogP contribution in [0.2, 0.25) is 0 Å². The Morgan fingerprint density at radius 1 is 1.15 bits per heavy atom. The fraction of sp³-hybridized carbons (Fsp3) is 0.150. The number of ether oxygens (including phenoxy) is 2. The van der Waals surface area contributed by atoms with Gasteiger partial charge < -0.3 is 24.7 Å². The number of fused-ring (bicyclic) bond motifs is 1. The molecule has 2 aromatic carbocycles. The molecule has 0 aliphatic heterocycles. The number of para-hydroxylation sites is 1. The van der Waals surface area contributed by atoms with Gasteiger partial charge in [-0.05, 0) is 31.2 Å². The Morgan fingerprint density at radius 3 is 2.63 bits per heavy atom. The number of carbonyl (C=O) groups is 2. The van der Waals surface area contributed by atoms with E-state index in [-0.39, 0.29) is 17.7 Å². The van der Waals surface area contributed by atoms with Crippen molar-refractivity contribution in [2.24, 2.45) is 0 Å². The van der Waals surface area contributed by atoms with Gasteiger partial charge in [0.25, 0.3) is 0 Å². The van der Waals surface area contributed by atoms with Crippen molar-refractivity contribution in [3.63, 3.8) is 0 Å². The number of anilines is 2. The molecule has 0 spiro atoms. The van der Waals surface area contributed by atoms with Crippen LogP contribution in [0.15, 0.2) is 48.7 Å². The number of rotatable bonds is 6. The fourth-order valence-electron chi connectivity index (χ4n) is 2.70. The molecule has 7 heteroatoms. The van der Waals surface area contributed by atoms with Crippen molar-refractivity contribution >= 4 is 34.2 Å². The topological polar surface area (TPSA) is 101 Å². The minimum atomic E-state index is -1.33. The third-order valence-electron chi connectivity index (χ3n) is 3.98. The second-order valence-corrected chi connectivity index (χ2v) is 5.61. The highest BCUT2D eigenvalue weighted by atomic mass is 16.5. The number of carboxylic acid groups (broad SMARTS) is 1. The Bertz CT molecular complexity index is 1020. The Kier molecular flexibility index (Phi) is 5.21. The average Bonchev–Trinajstić information content (AvgIpc) is 2.68. The summed E-state index contributed by atoms with van der Waals surface area (Å²) in [7, 11) is 1.53. The molecule has 1 heterocycles. The van der Waals surface area contributed by atoms with Crippen LogP contribution in [0.5, 0.6) is 5.75 Å². The van der Waals surface area contributed by atoms with E-state index in [2.05, 4.69) is 10.3 Å². The summed E-state index contributed by atoms with van der Waals surface area (Å²) in [4.78, 5) is 28.1. The van der Waals surface area contributed by atoms with Crippen LogP contribution >= 0.6 is 0 Å². The highest BCUT2D eigenvalue weighted by molar-refractivity contribution is 6.07. The quantitative estimate of drug-likeness (QED) is 0.670. The number of aromatic nitrogens is 1. The number of benzene rings is 2. The second-order valence-electron chi connectivity index (χ2n) is 5.61. The Hall–Kier alpha value is -3.61. The van der Waals surface area contributed by atoms with E-state index in [1.54, 1.807) is 43.3 Å². The molecule has 1 N–H and O–H groups in total. The van der Waals surface area contributed by atoms with Crippen LogP contribution in [0.25, 0.3) is 10.9 Å². The van der Waals surface area contributed by atoms with Crippen molar-refractivity contribution < 1.29 is 24.2 Å². The summed E-state index contributed by atoms with van der Waals surface area (Å²) in [5.74, 6) is -1.32. The SMILES string of the molecule is CCOC(=O)c1cnc2ccc(OC)cc2c1Nc1ccccc1C(=O)[O-]. The van der Waals surface area contributed by atoms with Gasteiger partial charge in [-0.15, -0.1) is 0 Å². The molecule has 0 fully saturated rings. The minimum absolute atomic E-state index is 0.0276. The standard InChI is InChI=1S/C20H18N2O5/c1-3-27-20(25)15-11-21-16-9-8-12(26-2)10-14(16)18(15)22-17-7-5-4-6-13(17)19(23)24/h4-11H,3H2,1-2H3,(H,21,22)(H,23,24)/p-1. The van der Waals surface area contributed by atoms with Gasteiger partial charge in [0.15, 0.2) is 0 Å². The van der Waals surface area contributed by atoms with Gasteiger partial charge in [0.1, 0.15) is 11.3 Å². The van der Waals surface area contributed by atoms with Crippen LogP contribution in [0, 0.1) is 0 Å². The molecule has 0 amide bonds. The Balaban J connectivity index is 2.22. The lowest BCUT2D eigenvalue weighted by molar-refractivity contribution is -0.254. The van der Waals surface area contributed by atoms with Crippen LogP contribution < -0.4 is 15.2 Å². The normalized spacial score (nSPS) is 10.4. The predicted octanol–water partition coefficient (Wildman–Crippen LogP) is 2.53. The molecule has 0 atom stereocenters. The largest absolute Gasteiger partial charge is 0.545 e. The van der Waals surface area contributed by atoms with Crippen molar-refractivity contribution in [1.82, 2.24) is 4.98 Å². The van der Waals surface area contributed by atoms with E-state index >= 15 is 0 Å². The third kappa shape index (κ3) is 3.67. The van der Waals surface area contributed by atoms with Gasteiger partial charge in [-0.1, -0.05) is 18.2 Å². The van der Waals surface area contributed by atoms with E-state index in [0.717, 1.165) is 0 Å². The zero-order chi connectivity index (χ0) is 19.4. The fourth-order valence-corrected chi connectivity index (χ4v) is 2.70. The maximum atomic E-state index is 12.4. The van der Waals surface area contributed by atoms with Crippen LogP contribution in [0.1, 0.15) is 27.6 Å². The molecular formula is C20H17N2O5-. The molecule has 3 rings (SSSR count). The molecule has 0 radical (unpaired) electrons. The molecule has 0 aliphatic rings. The van der Waals surface area contributed by atoms with Gasteiger partial charge in [0, 0.05) is 22.8 Å². The number of carboxylic acids is 1. The summed E-state index contributed by atoms with van der Waals surface area (Å²) >= 11 is 0. The van der Waals surface area contributed by atoms with E-state index < -0.39 is 11.9 Å². The molecule has 0 bridgehead atoms. The number of esters is 1. The first-order valence-corrected chi connectivity index (χ1v) is 8.26. The molecule has 3 aromatic rings. The lowest BCUT2D eigenvalue weighted by Gasteiger charge is -2.17. The highest BCUT2D eigenvalue weighted by Gasteiger charge is 2.18. The molecule has 0 saturated carbocycles. The average molecular weight is 365 g/mol. The van der Waals surface area contributed by atoms with Crippen molar-refractivity contribution in [1.29, 1.82) is 0 Å². The first kappa shape index (κ1) is 18.2. The minimum Gasteiger partial charge on any atom is -0.545 e. The molecule has 0 aliphatic carbocycles. The van der Waals surface area contributed by atoms with E-state index in [1.807, 2.05) is 0 Å². The van der Waals surface area contributed by atoms with Crippen molar-refractivity contribution in [2.45, 2.75) is 6.92 Å². The van der Waals surface area contributed by atoms with E-state index in [1.165, 1.54) is 19.4 Å². The number of nitrogens with one attached hydrogen (secondary N) is 1. The summed E-state index contributed by atoms with van der Waals surface area (Å²) in [6, 6.07) is 11.5. The first-order valence-electron chi connectivity index (χ1n) is 8.26. The Morgan fingerprint density at radius 2 is 1.93 bits per heavy atom. The summed E-state index contributed by atoms with van der Waals surface area (Å²) in [6.07, 6.45) is 1.40. The van der Waals surface area contributed by atoms with Crippen molar-refractivity contribution in [3.05, 3.63) is 59.8 Å². The van der Waals surface area contributed by atoms with E-state index in [0.29, 0.717) is 28.0 Å². The van der Waals surface area contributed by atoms with Crippen LogP contribution in [0.4, 0.5) is 11.4 Å². The predicted molar refractivity (Wildman–Crippen MR) is 98.3 cm³/mol. The monoisotopic (exact) mass is 365 g/mol. The second kappa shape index (κ2) is 7.74. The summed E-state index contributed by atoms with van der Waals surface area (Å²) in [6.45, 7) is 1.90. The summed E-state index contributed by atoms with van der Waals surface area (Å²) < 4.78 is 10.4. The van der Waals surface area contributed by atoms with Crippen LogP contribution in [0.3, 0.4) is 0 Å². The lowest BCUT2D eigenvalue weighted by Crippen LogP contribution is -2.23. The Labute approximate surface area is 155 Å². The van der Waals surface area contributed by atoms with E-state index in [9.17, 15) is 14.7 Å². The van der Waals surface area contributed by atoms with Crippen LogP contribution in [-0.2, 0) is 4.74 Å². The third-order valence-corrected chi connectivity index (χ3v) is 3.98. The number of carbonyl (C=O) groups excluding carboxylic acids is 2. The smallest absolute Gasteiger partial charge is 0.341 e. The molecule has 0 unspecified atom stereocenters. The van der Waals surface area contributed by atoms with Gasteiger partial charge in [-0.3, -0.25) is 4.98 Å². The molecule has 1 aromatic heterocycles. The number of nitrogens with zero attached hydrogens (tertiary/aromatic N) is 1. The highest BCUT2D eigenvalue weighted by Crippen LogP contribution is 2.33. The maximum Gasteiger partial charge on any atom is 0.341 e. The van der Waals surface area contributed by atoms with Crippen molar-refractivity contribution in [2.75, 3.05) is 19.0 Å². The lowest BCUT2D eigenvalue weighted by atomic mass is 10.1. The van der Waals surface area contributed by atoms with Crippen molar-refractivity contribution in [3.8, 4) is 5.75 Å². The van der Waals surface area contributed by atoms with Crippen LogP contribution in [-0.4, -0.2) is 30.6 Å². The van der Waals surface area contributed by atoms with E-state index in [4.69, 9.17) is 9.47 Å². The molecule has 138 valence electrons. The van der Waals surface area contributed by atoms with Gasteiger partial charge >= 0.3 is 5.97 Å². The number of aromatic carboxylic acids is 1. The zero-order valence-corrected chi connectivity index (χ0v) is 14.8. The summed E-state index contributed by atoms with van der Waals surface area (Å²) in [5.41, 5.74) is 1.44. The van der Waals surface area contributed by atoms with Gasteiger partial charge in [0.05, 0.1) is 30.9 Å². The molecule has 7 nitrogen and oxygen atoms in total. The van der Waals surface area contributed by atoms with Gasteiger partial charge in [-0.2, -0.15) is 0 Å². The number of methoxy groups -OCH3 is 1. The van der Waals surface area contributed by atoms with Gasteiger partial charge in [0.2, 0.25) is 0 Å².